The SMILES string of the molecule is CC(NCCC(C)(C)C)C1CCC1. The molecule has 1 rings (SSSR count). The summed E-state index contributed by atoms with van der Waals surface area (Å²) in [6, 6.07) is 0.746. The highest BCUT2D eigenvalue weighted by atomic mass is 14.9. The maximum absolute atomic E-state index is 3.64. The first-order valence-corrected chi connectivity index (χ1v) is 5.72. The Balaban J connectivity index is 2.04. The quantitative estimate of drug-likeness (QED) is 0.706. The van der Waals surface area contributed by atoms with Crippen molar-refractivity contribution in [2.45, 2.75) is 59.4 Å². The highest BCUT2D eigenvalue weighted by molar-refractivity contribution is 4.79. The van der Waals surface area contributed by atoms with Crippen LogP contribution in [0.2, 0.25) is 0 Å². The van der Waals surface area contributed by atoms with Crippen LogP contribution >= 0.6 is 0 Å². The van der Waals surface area contributed by atoms with E-state index in [0.29, 0.717) is 5.41 Å². The summed E-state index contributed by atoms with van der Waals surface area (Å²) in [5.74, 6) is 0.972. The molecule has 13 heavy (non-hydrogen) atoms. The summed E-state index contributed by atoms with van der Waals surface area (Å²) in [4.78, 5) is 0. The third kappa shape index (κ3) is 4.12. The molecule has 0 heterocycles. The minimum Gasteiger partial charge on any atom is -0.314 e. The van der Waals surface area contributed by atoms with Gasteiger partial charge in [-0.2, -0.15) is 0 Å². The van der Waals surface area contributed by atoms with E-state index >= 15 is 0 Å². The molecule has 0 aromatic rings. The first-order valence-electron chi connectivity index (χ1n) is 5.72. The van der Waals surface area contributed by atoms with Gasteiger partial charge in [0.1, 0.15) is 0 Å². The zero-order valence-electron chi connectivity index (χ0n) is 9.69. The average Bonchev–Trinajstić information content (AvgIpc) is 1.79. The van der Waals surface area contributed by atoms with Gasteiger partial charge in [-0.05, 0) is 44.1 Å². The van der Waals surface area contributed by atoms with Gasteiger partial charge in [0.25, 0.3) is 0 Å². The maximum Gasteiger partial charge on any atom is 0.00670 e. The molecule has 1 aliphatic rings. The molecular formula is C12H25N. The summed E-state index contributed by atoms with van der Waals surface area (Å²) in [5.41, 5.74) is 0.479. The molecule has 1 N–H and O–H groups in total. The van der Waals surface area contributed by atoms with E-state index in [9.17, 15) is 0 Å². The molecule has 0 bridgehead atoms. The zero-order chi connectivity index (χ0) is 9.90. The molecule has 0 saturated heterocycles. The van der Waals surface area contributed by atoms with E-state index in [1.165, 1.54) is 32.2 Å². The number of nitrogens with one attached hydrogen (secondary N) is 1. The second-order valence-electron chi connectivity index (χ2n) is 5.74. The first-order chi connectivity index (χ1) is 5.99. The molecule has 1 saturated carbocycles. The minimum absolute atomic E-state index is 0.479. The predicted octanol–water partition coefficient (Wildman–Crippen LogP) is 3.20. The molecule has 1 nitrogen and oxygen atoms in total. The van der Waals surface area contributed by atoms with Gasteiger partial charge >= 0.3 is 0 Å². The molecule has 1 atom stereocenters. The maximum atomic E-state index is 3.64. The lowest BCUT2D eigenvalue weighted by Gasteiger charge is -2.32. The number of hydrogen-bond donors (Lipinski definition) is 1. The smallest absolute Gasteiger partial charge is 0.00670 e. The Hall–Kier alpha value is -0.0400. The van der Waals surface area contributed by atoms with Crippen molar-refractivity contribution < 1.29 is 0 Å². The normalized spacial score (nSPS) is 21.2. The molecule has 0 aliphatic heterocycles. The van der Waals surface area contributed by atoms with Gasteiger partial charge < -0.3 is 5.32 Å². The van der Waals surface area contributed by atoms with Gasteiger partial charge in [-0.15, -0.1) is 0 Å². The predicted molar refractivity (Wildman–Crippen MR) is 58.9 cm³/mol. The molecule has 1 heteroatoms. The van der Waals surface area contributed by atoms with Crippen molar-refractivity contribution in [3.63, 3.8) is 0 Å². The van der Waals surface area contributed by atoms with Crippen molar-refractivity contribution in [2.24, 2.45) is 11.3 Å². The van der Waals surface area contributed by atoms with Crippen LogP contribution in [0.25, 0.3) is 0 Å². The van der Waals surface area contributed by atoms with Crippen molar-refractivity contribution in [3.8, 4) is 0 Å². The second-order valence-corrected chi connectivity index (χ2v) is 5.74. The Morgan fingerprint density at radius 2 is 1.92 bits per heavy atom. The first kappa shape index (κ1) is 11.0. The van der Waals surface area contributed by atoms with E-state index in [-0.39, 0.29) is 0 Å². The largest absolute Gasteiger partial charge is 0.314 e. The lowest BCUT2D eigenvalue weighted by atomic mass is 9.80. The summed E-state index contributed by atoms with van der Waals surface area (Å²) in [6.45, 7) is 10.4. The van der Waals surface area contributed by atoms with Gasteiger partial charge in [0.15, 0.2) is 0 Å². The molecule has 0 amide bonds. The van der Waals surface area contributed by atoms with E-state index in [4.69, 9.17) is 0 Å². The number of rotatable bonds is 4. The molecule has 1 fully saturated rings. The fourth-order valence-electron chi connectivity index (χ4n) is 1.78. The van der Waals surface area contributed by atoms with E-state index in [2.05, 4.69) is 33.0 Å². The molecule has 0 spiro atoms. The van der Waals surface area contributed by atoms with Crippen LogP contribution in [0, 0.1) is 11.3 Å². The number of hydrogen-bond acceptors (Lipinski definition) is 1. The van der Waals surface area contributed by atoms with Gasteiger partial charge in [0.2, 0.25) is 0 Å². The highest BCUT2D eigenvalue weighted by Crippen LogP contribution is 2.29. The van der Waals surface area contributed by atoms with Gasteiger partial charge in [0, 0.05) is 6.04 Å². The lowest BCUT2D eigenvalue weighted by molar-refractivity contribution is 0.233. The monoisotopic (exact) mass is 183 g/mol. The summed E-state index contributed by atoms with van der Waals surface area (Å²) in [7, 11) is 0. The highest BCUT2D eigenvalue weighted by Gasteiger charge is 2.23. The fraction of sp³-hybridized carbons (Fsp3) is 1.00. The van der Waals surface area contributed by atoms with Crippen LogP contribution in [0.3, 0.4) is 0 Å². The van der Waals surface area contributed by atoms with Crippen LogP contribution in [0.1, 0.15) is 53.4 Å². The molecule has 1 unspecified atom stereocenters. The molecule has 0 aromatic heterocycles. The third-order valence-electron chi connectivity index (χ3n) is 3.20. The molecule has 78 valence electrons. The fourth-order valence-corrected chi connectivity index (χ4v) is 1.78. The lowest BCUT2D eigenvalue weighted by Crippen LogP contribution is -2.38. The van der Waals surface area contributed by atoms with E-state index in [1.54, 1.807) is 0 Å². The van der Waals surface area contributed by atoms with Gasteiger partial charge in [-0.1, -0.05) is 27.2 Å². The Morgan fingerprint density at radius 3 is 2.31 bits per heavy atom. The van der Waals surface area contributed by atoms with Crippen molar-refractivity contribution >= 4 is 0 Å². The average molecular weight is 183 g/mol. The molecular weight excluding hydrogens is 158 g/mol. The van der Waals surface area contributed by atoms with Crippen LogP contribution in [0.4, 0.5) is 0 Å². The van der Waals surface area contributed by atoms with Crippen molar-refractivity contribution in [3.05, 3.63) is 0 Å². The molecule has 1 aliphatic carbocycles. The van der Waals surface area contributed by atoms with Crippen molar-refractivity contribution in [2.75, 3.05) is 6.54 Å². The van der Waals surface area contributed by atoms with Crippen LogP contribution in [-0.4, -0.2) is 12.6 Å². The van der Waals surface area contributed by atoms with E-state index < -0.39 is 0 Å². The summed E-state index contributed by atoms with van der Waals surface area (Å²) >= 11 is 0. The molecule has 0 radical (unpaired) electrons. The third-order valence-corrected chi connectivity index (χ3v) is 3.20. The van der Waals surface area contributed by atoms with Gasteiger partial charge in [0.05, 0.1) is 0 Å². The van der Waals surface area contributed by atoms with Gasteiger partial charge in [-0.3, -0.25) is 0 Å². The van der Waals surface area contributed by atoms with Crippen molar-refractivity contribution in [1.82, 2.24) is 5.32 Å². The van der Waals surface area contributed by atoms with Gasteiger partial charge in [-0.25, -0.2) is 0 Å². The molecule has 0 aromatic carbocycles. The Bertz CT molecular complexity index is 142. The topological polar surface area (TPSA) is 12.0 Å². The zero-order valence-corrected chi connectivity index (χ0v) is 9.69. The van der Waals surface area contributed by atoms with Crippen LogP contribution in [0.5, 0.6) is 0 Å². The van der Waals surface area contributed by atoms with Crippen LogP contribution < -0.4 is 5.32 Å². The van der Waals surface area contributed by atoms with E-state index in [1.807, 2.05) is 0 Å². The Labute approximate surface area is 83.3 Å². The summed E-state index contributed by atoms with van der Waals surface area (Å²) in [6.07, 6.45) is 5.63. The minimum atomic E-state index is 0.479. The standard InChI is InChI=1S/C12H25N/c1-10(11-6-5-7-11)13-9-8-12(2,3)4/h10-11,13H,5-9H2,1-4H3. The van der Waals surface area contributed by atoms with Crippen LogP contribution in [0.15, 0.2) is 0 Å². The van der Waals surface area contributed by atoms with Crippen LogP contribution in [-0.2, 0) is 0 Å². The second kappa shape index (κ2) is 4.45. The van der Waals surface area contributed by atoms with Crippen molar-refractivity contribution in [1.29, 1.82) is 0 Å². The Kier molecular flexibility index (Phi) is 3.78. The summed E-state index contributed by atoms with van der Waals surface area (Å²) in [5, 5.41) is 3.64. The Morgan fingerprint density at radius 1 is 1.31 bits per heavy atom. The summed E-state index contributed by atoms with van der Waals surface area (Å²) < 4.78 is 0. The van der Waals surface area contributed by atoms with E-state index in [0.717, 1.165) is 12.0 Å².